The van der Waals surface area contributed by atoms with Gasteiger partial charge in [-0.25, -0.2) is 14.5 Å². The molecule has 1 aliphatic heterocycles. The Bertz CT molecular complexity index is 1320. The van der Waals surface area contributed by atoms with Gasteiger partial charge in [0.1, 0.15) is 11.6 Å². The molecule has 200 valence electrons. The summed E-state index contributed by atoms with van der Waals surface area (Å²) in [5.41, 5.74) is 1.30. The molecule has 0 saturated carbocycles. The van der Waals surface area contributed by atoms with Gasteiger partial charge in [0.15, 0.2) is 0 Å². The number of likely N-dealkylation sites (tertiary alicyclic amines) is 1. The first-order valence-corrected chi connectivity index (χ1v) is 12.4. The van der Waals surface area contributed by atoms with Gasteiger partial charge in [-0.05, 0) is 59.1 Å². The molecule has 1 aromatic heterocycles. The van der Waals surface area contributed by atoms with E-state index in [2.05, 4.69) is 15.1 Å². The van der Waals surface area contributed by atoms with Crippen LogP contribution in [0.1, 0.15) is 59.9 Å². The number of aliphatic imine (C=N–C) groups is 1. The molecule has 0 radical (unpaired) electrons. The fraction of sp³-hybridized carbons (Fsp3) is 0.393. The highest BCUT2D eigenvalue weighted by Gasteiger charge is 2.43. The lowest BCUT2D eigenvalue weighted by Gasteiger charge is -2.45. The van der Waals surface area contributed by atoms with Crippen LogP contribution >= 0.6 is 0 Å². The van der Waals surface area contributed by atoms with Crippen molar-refractivity contribution in [1.29, 1.82) is 0 Å². The van der Waals surface area contributed by atoms with E-state index in [1.54, 1.807) is 46.4 Å². The van der Waals surface area contributed by atoms with E-state index in [1.165, 1.54) is 0 Å². The number of carboxylic acid groups (broad SMARTS) is 1. The number of nitrogens with zero attached hydrogens (tertiary/aromatic N) is 5. The molecule has 2 amide bonds. The Labute approximate surface area is 221 Å². The number of carbonyl (C=O) groups is 2. The fourth-order valence-corrected chi connectivity index (χ4v) is 4.10. The zero-order valence-electron chi connectivity index (χ0n) is 22.5. The molecule has 0 unspecified atom stereocenters. The zero-order chi connectivity index (χ0) is 27.7. The largest absolute Gasteiger partial charge is 0.465 e. The monoisotopic (exact) mass is 519 g/mol. The fourth-order valence-electron chi connectivity index (χ4n) is 4.10. The lowest BCUT2D eigenvalue weighted by molar-refractivity contribution is 0.0578. The van der Waals surface area contributed by atoms with Gasteiger partial charge in [0.05, 0.1) is 0 Å². The predicted octanol–water partition coefficient (Wildman–Crippen LogP) is 6.22. The number of rotatable bonds is 3. The number of benzene rings is 2. The van der Waals surface area contributed by atoms with Gasteiger partial charge in [0, 0.05) is 17.6 Å². The lowest BCUT2D eigenvalue weighted by atomic mass is 10.0. The van der Waals surface area contributed by atoms with Gasteiger partial charge in [-0.2, -0.15) is 4.98 Å². The second-order valence-electron chi connectivity index (χ2n) is 11.1. The third-order valence-corrected chi connectivity index (χ3v) is 5.90. The summed E-state index contributed by atoms with van der Waals surface area (Å²) in [6, 6.07) is 17.4. The summed E-state index contributed by atoms with van der Waals surface area (Å²) in [7, 11) is 0. The van der Waals surface area contributed by atoms with Crippen molar-refractivity contribution in [2.24, 2.45) is 4.99 Å². The second kappa shape index (κ2) is 10.3. The summed E-state index contributed by atoms with van der Waals surface area (Å²) in [6.07, 6.45) is -1.49. The molecule has 0 spiro atoms. The van der Waals surface area contributed by atoms with E-state index in [9.17, 15) is 14.7 Å². The highest BCUT2D eigenvalue weighted by molar-refractivity contribution is 5.99. The van der Waals surface area contributed by atoms with Crippen molar-refractivity contribution in [1.82, 2.24) is 19.9 Å². The van der Waals surface area contributed by atoms with E-state index in [4.69, 9.17) is 9.26 Å². The molecule has 3 aromatic rings. The average molecular weight is 520 g/mol. The molecule has 0 aliphatic carbocycles. The number of hydrogen-bond donors (Lipinski definition) is 1. The Kier molecular flexibility index (Phi) is 7.26. The van der Waals surface area contributed by atoms with Crippen molar-refractivity contribution in [2.45, 2.75) is 65.1 Å². The molecule has 1 saturated heterocycles. The van der Waals surface area contributed by atoms with Crippen LogP contribution in [0.2, 0.25) is 0 Å². The first kappa shape index (κ1) is 26.8. The smallest absolute Gasteiger partial charge is 0.437 e. The topological polar surface area (TPSA) is 121 Å². The molecular weight excluding hydrogens is 486 g/mol. The van der Waals surface area contributed by atoms with Crippen molar-refractivity contribution in [2.75, 3.05) is 6.54 Å². The van der Waals surface area contributed by atoms with Gasteiger partial charge >= 0.3 is 12.2 Å². The summed E-state index contributed by atoms with van der Waals surface area (Å²) in [5.74, 6) is 0.694. The molecule has 4 rings (SSSR count). The molecule has 0 bridgehead atoms. The molecule has 38 heavy (non-hydrogen) atoms. The van der Waals surface area contributed by atoms with Crippen LogP contribution in [0.4, 0.5) is 9.59 Å². The summed E-state index contributed by atoms with van der Waals surface area (Å²) in [4.78, 5) is 36.3. The third kappa shape index (κ3) is 6.01. The first-order valence-electron chi connectivity index (χ1n) is 12.4. The predicted molar refractivity (Wildman–Crippen MR) is 143 cm³/mol. The second-order valence-corrected chi connectivity index (χ2v) is 11.1. The number of aromatic nitrogens is 2. The molecule has 2 aromatic carbocycles. The van der Waals surface area contributed by atoms with Gasteiger partial charge in [0.2, 0.25) is 17.7 Å². The summed E-state index contributed by atoms with van der Waals surface area (Å²) < 4.78 is 10.9. The van der Waals surface area contributed by atoms with Crippen molar-refractivity contribution >= 4 is 18.1 Å². The molecule has 2 heterocycles. The SMILES string of the molecule is CC(C)(C)OC(=O)/N=C(\N1CC[C@H]1c1nc(-c2ccc(-c3ccccc3)cc2)no1)N(C(=O)O)C(C)(C)C. The molecule has 10 heteroatoms. The Hall–Kier alpha value is -4.21. The highest BCUT2D eigenvalue weighted by atomic mass is 16.6. The minimum Gasteiger partial charge on any atom is -0.465 e. The number of guanidine groups is 1. The van der Waals surface area contributed by atoms with Gasteiger partial charge in [-0.1, -0.05) is 59.8 Å². The van der Waals surface area contributed by atoms with Crippen LogP contribution in [0.3, 0.4) is 0 Å². The van der Waals surface area contributed by atoms with E-state index in [0.717, 1.165) is 21.6 Å². The van der Waals surface area contributed by atoms with Crippen molar-refractivity contribution in [3.63, 3.8) is 0 Å². The molecule has 1 fully saturated rings. The maximum Gasteiger partial charge on any atom is 0.437 e. The minimum atomic E-state index is -1.24. The van der Waals surface area contributed by atoms with E-state index < -0.39 is 29.4 Å². The standard InChI is InChI=1S/C28H33N5O5/c1-27(2,3)33(26(35)36)24(30-25(34)37-28(4,5)6)32-17-16-21(32)23-29-22(31-38-23)20-14-12-19(13-15-20)18-10-8-7-9-11-18/h7-15,21H,16-17H2,1-6H3,(H,35,36)/b30-24+/t21-/m0/s1. The van der Waals surface area contributed by atoms with E-state index in [0.29, 0.717) is 24.7 Å². The van der Waals surface area contributed by atoms with Crippen LogP contribution in [0.15, 0.2) is 64.1 Å². The Morgan fingerprint density at radius 3 is 2.13 bits per heavy atom. The molecule has 10 nitrogen and oxygen atoms in total. The zero-order valence-corrected chi connectivity index (χ0v) is 22.5. The van der Waals surface area contributed by atoms with Crippen molar-refractivity contribution < 1.29 is 24.0 Å². The van der Waals surface area contributed by atoms with Gasteiger partial charge in [-0.3, -0.25) is 0 Å². The molecular formula is C28H33N5O5. The quantitative estimate of drug-likeness (QED) is 0.320. The minimum absolute atomic E-state index is 0.0394. The maximum atomic E-state index is 12.6. The lowest BCUT2D eigenvalue weighted by Crippen LogP contribution is -2.59. The first-order chi connectivity index (χ1) is 17.8. The maximum absolute atomic E-state index is 12.6. The number of carbonyl (C=O) groups excluding carboxylic acids is 1. The van der Waals surface area contributed by atoms with Crippen LogP contribution in [0.5, 0.6) is 0 Å². The van der Waals surface area contributed by atoms with Crippen LogP contribution in [0, 0.1) is 0 Å². The summed E-state index contributed by atoms with van der Waals surface area (Å²) in [6.45, 7) is 10.8. The van der Waals surface area contributed by atoms with E-state index in [-0.39, 0.29) is 5.96 Å². The Balaban J connectivity index is 1.61. The van der Waals surface area contributed by atoms with Gasteiger partial charge < -0.3 is 19.3 Å². The van der Waals surface area contributed by atoms with Crippen LogP contribution in [-0.4, -0.2) is 60.9 Å². The van der Waals surface area contributed by atoms with Crippen molar-refractivity contribution in [3.05, 3.63) is 60.5 Å². The van der Waals surface area contributed by atoms with Gasteiger partial charge in [-0.15, -0.1) is 4.99 Å². The summed E-state index contributed by atoms with van der Waals surface area (Å²) >= 11 is 0. The van der Waals surface area contributed by atoms with Crippen molar-refractivity contribution in [3.8, 4) is 22.5 Å². The van der Waals surface area contributed by atoms with Gasteiger partial charge in [0.25, 0.3) is 0 Å². The van der Waals surface area contributed by atoms with Crippen LogP contribution in [-0.2, 0) is 4.74 Å². The van der Waals surface area contributed by atoms with Crippen LogP contribution < -0.4 is 0 Å². The average Bonchev–Trinajstić information content (AvgIpc) is 3.26. The molecule has 1 aliphatic rings. The highest BCUT2D eigenvalue weighted by Crippen LogP contribution is 2.36. The molecule has 1 N–H and O–H groups in total. The Morgan fingerprint density at radius 1 is 1.00 bits per heavy atom. The normalized spacial score (nSPS) is 16.1. The third-order valence-electron chi connectivity index (χ3n) is 5.90. The number of hydrogen-bond acceptors (Lipinski definition) is 6. The number of amides is 2. The molecule has 1 atom stereocenters. The number of ether oxygens (including phenoxy) is 1. The summed E-state index contributed by atoms with van der Waals surface area (Å²) in [5, 5.41) is 14.2. The van der Waals surface area contributed by atoms with E-state index in [1.807, 2.05) is 54.6 Å². The Morgan fingerprint density at radius 2 is 1.61 bits per heavy atom. The van der Waals surface area contributed by atoms with E-state index >= 15 is 0 Å². The van der Waals surface area contributed by atoms with Crippen LogP contribution in [0.25, 0.3) is 22.5 Å².